The second-order valence-corrected chi connectivity index (χ2v) is 6.08. The number of aryl methyl sites for hydroxylation is 2. The fraction of sp³-hybridized carbons (Fsp3) is 0.167. The summed E-state index contributed by atoms with van der Waals surface area (Å²) < 4.78 is 6.47. The van der Waals surface area contributed by atoms with Crippen LogP contribution in [0.15, 0.2) is 46.9 Å². The van der Waals surface area contributed by atoms with Gasteiger partial charge in [0, 0.05) is 10.2 Å². The molecule has 2 aromatic carbocycles. The Balaban J connectivity index is 0.000000487. The van der Waals surface area contributed by atoms with Crippen LogP contribution in [0.5, 0.6) is 5.75 Å². The zero-order valence-electron chi connectivity index (χ0n) is 14.2. The second-order valence-electron chi connectivity index (χ2n) is 5.23. The topological polar surface area (TPSA) is 113 Å². The minimum atomic E-state index is -1.82. The fourth-order valence-corrected chi connectivity index (χ4v) is 2.02. The number of carboxylic acid groups (broad SMARTS) is 2. The number of hydrogen-bond acceptors (Lipinski definition) is 4. The molecule has 7 nitrogen and oxygen atoms in total. The molecule has 0 aliphatic carbocycles. The third-order valence-corrected chi connectivity index (χ3v) is 3.87. The third kappa shape index (κ3) is 7.80. The Morgan fingerprint density at radius 3 is 2.23 bits per heavy atom. The summed E-state index contributed by atoms with van der Waals surface area (Å²) in [5, 5.41) is 17.6. The van der Waals surface area contributed by atoms with Gasteiger partial charge >= 0.3 is 11.9 Å². The molecule has 0 aromatic heterocycles. The van der Waals surface area contributed by atoms with Gasteiger partial charge < -0.3 is 20.3 Å². The highest BCUT2D eigenvalue weighted by Gasteiger charge is 2.05. The zero-order chi connectivity index (χ0) is 19.7. The molecular weight excluding hydrogens is 406 g/mol. The van der Waals surface area contributed by atoms with Crippen molar-refractivity contribution in [3.8, 4) is 5.75 Å². The van der Waals surface area contributed by atoms with Gasteiger partial charge in [-0.15, -0.1) is 0 Å². The maximum atomic E-state index is 11.8. The van der Waals surface area contributed by atoms with Crippen molar-refractivity contribution >= 4 is 39.5 Å². The molecule has 0 saturated carbocycles. The number of amides is 1. The van der Waals surface area contributed by atoms with E-state index in [0.29, 0.717) is 5.75 Å². The molecule has 3 N–H and O–H groups in total. The molecule has 0 bridgehead atoms. The van der Waals surface area contributed by atoms with Crippen LogP contribution in [0.25, 0.3) is 0 Å². The number of hydrogen-bond donors (Lipinski definition) is 3. The highest BCUT2D eigenvalue weighted by atomic mass is 79.9. The van der Waals surface area contributed by atoms with E-state index in [1.807, 2.05) is 56.3 Å². The van der Waals surface area contributed by atoms with Crippen molar-refractivity contribution in [3.05, 3.63) is 58.1 Å². The minimum absolute atomic E-state index is 0.00142. The van der Waals surface area contributed by atoms with Gasteiger partial charge in [0.15, 0.2) is 6.61 Å². The summed E-state index contributed by atoms with van der Waals surface area (Å²) in [6.07, 6.45) is 0. The lowest BCUT2D eigenvalue weighted by Crippen LogP contribution is -2.20. The predicted molar refractivity (Wildman–Crippen MR) is 99.5 cm³/mol. The summed E-state index contributed by atoms with van der Waals surface area (Å²) in [5.74, 6) is -3.12. The smallest absolute Gasteiger partial charge is 0.414 e. The van der Waals surface area contributed by atoms with E-state index in [1.54, 1.807) is 0 Å². The Labute approximate surface area is 158 Å². The van der Waals surface area contributed by atoms with E-state index in [9.17, 15) is 4.79 Å². The Hall–Kier alpha value is -2.87. The quantitative estimate of drug-likeness (QED) is 0.650. The van der Waals surface area contributed by atoms with Crippen LogP contribution in [0.3, 0.4) is 0 Å². The number of anilines is 1. The number of halogens is 1. The molecular formula is C18H18BrNO6. The van der Waals surface area contributed by atoms with Gasteiger partial charge in [-0.1, -0.05) is 28.1 Å². The molecule has 2 aromatic rings. The van der Waals surface area contributed by atoms with Crippen LogP contribution in [0.2, 0.25) is 0 Å². The molecule has 0 aliphatic rings. The minimum Gasteiger partial charge on any atom is -0.484 e. The molecule has 138 valence electrons. The van der Waals surface area contributed by atoms with Crippen molar-refractivity contribution in [1.82, 2.24) is 0 Å². The van der Waals surface area contributed by atoms with Gasteiger partial charge in [0.25, 0.3) is 5.91 Å². The normalized spacial score (nSPS) is 9.50. The van der Waals surface area contributed by atoms with Crippen molar-refractivity contribution in [1.29, 1.82) is 0 Å². The number of aliphatic carboxylic acids is 2. The lowest BCUT2D eigenvalue weighted by molar-refractivity contribution is -0.159. The van der Waals surface area contributed by atoms with E-state index in [2.05, 4.69) is 21.2 Å². The number of ether oxygens (including phenoxy) is 1. The van der Waals surface area contributed by atoms with Crippen molar-refractivity contribution in [3.63, 3.8) is 0 Å². The van der Waals surface area contributed by atoms with Crippen molar-refractivity contribution in [2.45, 2.75) is 13.8 Å². The highest BCUT2D eigenvalue weighted by molar-refractivity contribution is 9.10. The van der Waals surface area contributed by atoms with E-state index < -0.39 is 11.9 Å². The summed E-state index contributed by atoms with van der Waals surface area (Å²) in [5.41, 5.74) is 2.94. The van der Waals surface area contributed by atoms with Gasteiger partial charge in [0.2, 0.25) is 0 Å². The molecule has 0 heterocycles. The fourth-order valence-electron chi connectivity index (χ4n) is 1.77. The summed E-state index contributed by atoms with van der Waals surface area (Å²) in [7, 11) is 0. The van der Waals surface area contributed by atoms with Crippen molar-refractivity contribution in [2.24, 2.45) is 0 Å². The first-order valence-electron chi connectivity index (χ1n) is 7.40. The first kappa shape index (κ1) is 21.2. The number of carboxylic acids is 2. The standard InChI is InChI=1S/C16H16BrNO2.C2H2O4/c1-11-4-3-5-14(8-11)20-10-16(19)18-13-6-7-15(17)12(2)9-13;3-1(4)2(5)6/h3-9H,10H2,1-2H3,(H,18,19);(H,3,4)(H,5,6). The number of rotatable bonds is 4. The van der Waals surface area contributed by atoms with Crippen molar-refractivity contribution in [2.75, 3.05) is 11.9 Å². The van der Waals surface area contributed by atoms with Crippen LogP contribution in [0.4, 0.5) is 5.69 Å². The molecule has 26 heavy (non-hydrogen) atoms. The first-order chi connectivity index (χ1) is 12.2. The monoisotopic (exact) mass is 423 g/mol. The molecule has 2 rings (SSSR count). The summed E-state index contributed by atoms with van der Waals surface area (Å²) in [6, 6.07) is 13.3. The SMILES string of the molecule is Cc1cccc(OCC(=O)Nc2ccc(Br)c(C)c2)c1.O=C(O)C(=O)O. The van der Waals surface area contributed by atoms with Gasteiger partial charge in [0.1, 0.15) is 5.75 Å². The average molecular weight is 424 g/mol. The van der Waals surface area contributed by atoms with Crippen LogP contribution in [0, 0.1) is 13.8 Å². The molecule has 0 radical (unpaired) electrons. The van der Waals surface area contributed by atoms with Crippen LogP contribution < -0.4 is 10.1 Å². The molecule has 0 aliphatic heterocycles. The van der Waals surface area contributed by atoms with Crippen LogP contribution in [-0.2, 0) is 14.4 Å². The van der Waals surface area contributed by atoms with E-state index in [1.165, 1.54) is 0 Å². The second kappa shape index (κ2) is 10.2. The maximum absolute atomic E-state index is 11.8. The molecule has 0 unspecified atom stereocenters. The highest BCUT2D eigenvalue weighted by Crippen LogP contribution is 2.20. The summed E-state index contributed by atoms with van der Waals surface area (Å²) in [4.78, 5) is 30.0. The average Bonchev–Trinajstić information content (AvgIpc) is 2.57. The Morgan fingerprint density at radius 1 is 1.04 bits per heavy atom. The van der Waals surface area contributed by atoms with Gasteiger partial charge in [-0.25, -0.2) is 9.59 Å². The Kier molecular flexibility index (Phi) is 8.30. The third-order valence-electron chi connectivity index (χ3n) is 2.98. The van der Waals surface area contributed by atoms with E-state index in [-0.39, 0.29) is 12.5 Å². The van der Waals surface area contributed by atoms with Crippen molar-refractivity contribution < 1.29 is 29.3 Å². The Bertz CT molecular complexity index is 794. The maximum Gasteiger partial charge on any atom is 0.414 e. The van der Waals surface area contributed by atoms with Gasteiger partial charge in [-0.05, 0) is 55.3 Å². The molecule has 0 saturated heterocycles. The van der Waals surface area contributed by atoms with Gasteiger partial charge in [-0.3, -0.25) is 4.79 Å². The number of carbonyl (C=O) groups is 3. The van der Waals surface area contributed by atoms with Crippen LogP contribution >= 0.6 is 15.9 Å². The molecule has 0 spiro atoms. The summed E-state index contributed by atoms with van der Waals surface area (Å²) >= 11 is 3.43. The number of benzene rings is 2. The van der Waals surface area contributed by atoms with Crippen LogP contribution in [0.1, 0.15) is 11.1 Å². The number of carbonyl (C=O) groups excluding carboxylic acids is 1. The Morgan fingerprint density at radius 2 is 1.69 bits per heavy atom. The van der Waals surface area contributed by atoms with Gasteiger partial charge in [0.05, 0.1) is 0 Å². The van der Waals surface area contributed by atoms with Crippen LogP contribution in [-0.4, -0.2) is 34.7 Å². The number of nitrogens with one attached hydrogen (secondary N) is 1. The lowest BCUT2D eigenvalue weighted by atomic mass is 10.2. The van der Waals surface area contributed by atoms with E-state index in [4.69, 9.17) is 24.5 Å². The largest absolute Gasteiger partial charge is 0.484 e. The zero-order valence-corrected chi connectivity index (χ0v) is 15.7. The predicted octanol–water partition coefficient (Wildman–Crippen LogP) is 3.24. The summed E-state index contributed by atoms with van der Waals surface area (Å²) in [6.45, 7) is 3.96. The molecule has 0 atom stereocenters. The van der Waals surface area contributed by atoms with E-state index in [0.717, 1.165) is 21.3 Å². The van der Waals surface area contributed by atoms with E-state index >= 15 is 0 Å². The first-order valence-corrected chi connectivity index (χ1v) is 8.20. The van der Waals surface area contributed by atoms with Gasteiger partial charge in [-0.2, -0.15) is 0 Å². The lowest BCUT2D eigenvalue weighted by Gasteiger charge is -2.09. The molecule has 8 heteroatoms. The molecule has 1 amide bonds. The molecule has 0 fully saturated rings.